The van der Waals surface area contributed by atoms with Crippen molar-refractivity contribution in [3.8, 4) is 0 Å². The van der Waals surface area contributed by atoms with Crippen LogP contribution in [0.15, 0.2) is 18.2 Å². The van der Waals surface area contributed by atoms with Crippen molar-refractivity contribution >= 4 is 11.0 Å². The first-order valence-corrected chi connectivity index (χ1v) is 7.27. The minimum Gasteiger partial charge on any atom is -0.323 e. The van der Waals surface area contributed by atoms with E-state index in [1.165, 1.54) is 29.7 Å². The lowest BCUT2D eigenvalue weighted by Gasteiger charge is -2.26. The lowest BCUT2D eigenvalue weighted by Crippen LogP contribution is -2.38. The van der Waals surface area contributed by atoms with Crippen LogP contribution >= 0.6 is 0 Å². The van der Waals surface area contributed by atoms with Crippen molar-refractivity contribution in [1.29, 1.82) is 0 Å². The van der Waals surface area contributed by atoms with Crippen LogP contribution in [0.4, 0.5) is 0 Å². The van der Waals surface area contributed by atoms with Crippen LogP contribution in [0.5, 0.6) is 0 Å². The Bertz CT molecular complexity index is 606. The lowest BCUT2D eigenvalue weighted by atomic mass is 10.0. The molecule has 0 unspecified atom stereocenters. The first-order valence-electron chi connectivity index (χ1n) is 7.27. The van der Waals surface area contributed by atoms with Crippen molar-refractivity contribution in [2.24, 2.45) is 0 Å². The van der Waals surface area contributed by atoms with E-state index in [0.29, 0.717) is 6.04 Å². The number of aryl methyl sites for hydroxylation is 1. The molecule has 1 fully saturated rings. The monoisotopic (exact) mass is 257 g/mol. The quantitative estimate of drug-likeness (QED) is 0.908. The maximum absolute atomic E-state index is 4.93. The predicted octanol–water partition coefficient (Wildman–Crippen LogP) is 3.52. The average Bonchev–Trinajstić information content (AvgIpc) is 3.09. The van der Waals surface area contributed by atoms with Gasteiger partial charge in [0.25, 0.3) is 0 Å². The third kappa shape index (κ3) is 2.16. The molecule has 102 valence electrons. The normalized spacial score (nSPS) is 16.2. The second-order valence-corrected chi connectivity index (χ2v) is 6.18. The molecule has 19 heavy (non-hydrogen) atoms. The predicted molar refractivity (Wildman–Crippen MR) is 79.4 cm³/mol. The SMILES string of the molecule is CCNC(C)(C)c1nc2cc(C)ccc2n1C1CC1. The number of nitrogens with zero attached hydrogens (tertiary/aromatic N) is 2. The number of aromatic nitrogens is 2. The number of imidazole rings is 1. The van der Waals surface area contributed by atoms with E-state index in [9.17, 15) is 0 Å². The van der Waals surface area contributed by atoms with E-state index in [4.69, 9.17) is 4.98 Å². The van der Waals surface area contributed by atoms with Crippen LogP contribution in [0, 0.1) is 6.92 Å². The van der Waals surface area contributed by atoms with Crippen LogP contribution < -0.4 is 5.32 Å². The van der Waals surface area contributed by atoms with Crippen molar-refractivity contribution in [2.45, 2.75) is 52.1 Å². The Labute approximate surface area is 115 Å². The molecular formula is C16H23N3. The Morgan fingerprint density at radius 3 is 2.74 bits per heavy atom. The number of fused-ring (bicyclic) bond motifs is 1. The van der Waals surface area contributed by atoms with Gasteiger partial charge >= 0.3 is 0 Å². The molecule has 0 saturated heterocycles. The summed E-state index contributed by atoms with van der Waals surface area (Å²) < 4.78 is 2.46. The molecule has 3 nitrogen and oxygen atoms in total. The standard InChI is InChI=1S/C16H23N3/c1-5-17-16(3,4)15-18-13-10-11(2)6-9-14(13)19(15)12-7-8-12/h6,9-10,12,17H,5,7-8H2,1-4H3. The van der Waals surface area contributed by atoms with Gasteiger partial charge in [0.2, 0.25) is 0 Å². The molecule has 1 heterocycles. The molecule has 0 bridgehead atoms. The number of rotatable bonds is 4. The van der Waals surface area contributed by atoms with E-state index in [0.717, 1.165) is 12.1 Å². The number of benzene rings is 1. The van der Waals surface area contributed by atoms with Crippen LogP contribution in [0.3, 0.4) is 0 Å². The van der Waals surface area contributed by atoms with Gasteiger partial charge in [-0.2, -0.15) is 0 Å². The molecule has 1 saturated carbocycles. The molecule has 3 heteroatoms. The third-order valence-electron chi connectivity index (χ3n) is 3.93. The Morgan fingerprint density at radius 2 is 2.11 bits per heavy atom. The van der Waals surface area contributed by atoms with Gasteiger partial charge in [-0.15, -0.1) is 0 Å². The maximum Gasteiger partial charge on any atom is 0.129 e. The molecule has 0 spiro atoms. The molecule has 1 aromatic carbocycles. The summed E-state index contributed by atoms with van der Waals surface area (Å²) in [5.41, 5.74) is 3.62. The molecule has 0 aliphatic heterocycles. The van der Waals surface area contributed by atoms with Crippen molar-refractivity contribution < 1.29 is 0 Å². The summed E-state index contributed by atoms with van der Waals surface area (Å²) in [6, 6.07) is 7.26. The highest BCUT2D eigenvalue weighted by atomic mass is 15.2. The van der Waals surface area contributed by atoms with E-state index >= 15 is 0 Å². The highest BCUT2D eigenvalue weighted by molar-refractivity contribution is 5.77. The van der Waals surface area contributed by atoms with Gasteiger partial charge in [0.1, 0.15) is 5.82 Å². The highest BCUT2D eigenvalue weighted by Crippen LogP contribution is 2.40. The van der Waals surface area contributed by atoms with Gasteiger partial charge in [-0.3, -0.25) is 0 Å². The fourth-order valence-electron chi connectivity index (χ4n) is 2.87. The van der Waals surface area contributed by atoms with Crippen LogP contribution in [-0.4, -0.2) is 16.1 Å². The zero-order chi connectivity index (χ0) is 13.6. The van der Waals surface area contributed by atoms with E-state index in [-0.39, 0.29) is 5.54 Å². The smallest absolute Gasteiger partial charge is 0.129 e. The molecule has 3 rings (SSSR count). The summed E-state index contributed by atoms with van der Waals surface area (Å²) in [6.07, 6.45) is 2.57. The highest BCUT2D eigenvalue weighted by Gasteiger charge is 2.34. The summed E-state index contributed by atoms with van der Waals surface area (Å²) in [7, 11) is 0. The summed E-state index contributed by atoms with van der Waals surface area (Å²) in [6.45, 7) is 9.69. The van der Waals surface area contributed by atoms with Gasteiger partial charge in [-0.05, 0) is 57.9 Å². The molecule has 2 aromatic rings. The van der Waals surface area contributed by atoms with Gasteiger partial charge in [-0.25, -0.2) is 4.98 Å². The zero-order valence-electron chi connectivity index (χ0n) is 12.3. The lowest BCUT2D eigenvalue weighted by molar-refractivity contribution is 0.376. The van der Waals surface area contributed by atoms with Crippen LogP contribution in [-0.2, 0) is 5.54 Å². The van der Waals surface area contributed by atoms with Crippen LogP contribution in [0.1, 0.15) is 51.0 Å². The van der Waals surface area contributed by atoms with Gasteiger partial charge in [-0.1, -0.05) is 13.0 Å². The van der Waals surface area contributed by atoms with Crippen molar-refractivity contribution in [3.05, 3.63) is 29.6 Å². The minimum absolute atomic E-state index is 0.0791. The second kappa shape index (κ2) is 4.34. The molecule has 1 aromatic heterocycles. The molecular weight excluding hydrogens is 234 g/mol. The Balaban J connectivity index is 2.20. The minimum atomic E-state index is -0.0791. The summed E-state index contributed by atoms with van der Waals surface area (Å²) in [5, 5.41) is 3.55. The largest absolute Gasteiger partial charge is 0.323 e. The molecule has 0 amide bonds. The van der Waals surface area contributed by atoms with E-state index in [1.54, 1.807) is 0 Å². The molecule has 1 aliphatic carbocycles. The first-order chi connectivity index (χ1) is 9.03. The summed E-state index contributed by atoms with van der Waals surface area (Å²) >= 11 is 0. The summed E-state index contributed by atoms with van der Waals surface area (Å²) in [5.74, 6) is 1.18. The van der Waals surface area contributed by atoms with Crippen LogP contribution in [0.2, 0.25) is 0 Å². The molecule has 0 radical (unpaired) electrons. The molecule has 1 N–H and O–H groups in total. The van der Waals surface area contributed by atoms with Gasteiger partial charge in [0, 0.05) is 6.04 Å². The summed E-state index contributed by atoms with van der Waals surface area (Å²) in [4.78, 5) is 4.93. The van der Waals surface area contributed by atoms with Gasteiger partial charge in [0.15, 0.2) is 0 Å². The topological polar surface area (TPSA) is 29.9 Å². The molecule has 1 aliphatic rings. The Hall–Kier alpha value is -1.35. The zero-order valence-corrected chi connectivity index (χ0v) is 12.3. The van der Waals surface area contributed by atoms with Gasteiger partial charge in [0.05, 0.1) is 16.6 Å². The van der Waals surface area contributed by atoms with E-state index in [2.05, 4.69) is 55.8 Å². The fraction of sp³-hybridized carbons (Fsp3) is 0.562. The maximum atomic E-state index is 4.93. The molecule has 0 atom stereocenters. The first kappa shape index (κ1) is 12.7. The Morgan fingerprint density at radius 1 is 1.37 bits per heavy atom. The van der Waals surface area contributed by atoms with E-state index in [1.807, 2.05) is 0 Å². The fourth-order valence-corrected chi connectivity index (χ4v) is 2.87. The third-order valence-corrected chi connectivity index (χ3v) is 3.93. The number of hydrogen-bond donors (Lipinski definition) is 1. The van der Waals surface area contributed by atoms with Crippen molar-refractivity contribution in [3.63, 3.8) is 0 Å². The number of hydrogen-bond acceptors (Lipinski definition) is 2. The van der Waals surface area contributed by atoms with Gasteiger partial charge < -0.3 is 9.88 Å². The average molecular weight is 257 g/mol. The number of nitrogens with one attached hydrogen (secondary N) is 1. The van der Waals surface area contributed by atoms with Crippen molar-refractivity contribution in [1.82, 2.24) is 14.9 Å². The van der Waals surface area contributed by atoms with Crippen molar-refractivity contribution in [2.75, 3.05) is 6.54 Å². The second-order valence-electron chi connectivity index (χ2n) is 6.18. The van der Waals surface area contributed by atoms with E-state index < -0.39 is 0 Å². The van der Waals surface area contributed by atoms with Crippen LogP contribution in [0.25, 0.3) is 11.0 Å². The Kier molecular flexibility index (Phi) is 2.90.